The number of hydrogen-bond donors (Lipinski definition) is 0. The van der Waals surface area contributed by atoms with Crippen LogP contribution in [-0.4, -0.2) is 27.7 Å². The zero-order chi connectivity index (χ0) is 15.9. The number of nitrogens with zero attached hydrogens (tertiary/aromatic N) is 3. The van der Waals surface area contributed by atoms with Gasteiger partial charge in [0.2, 0.25) is 0 Å². The normalized spacial score (nSPS) is 10.9. The average molecular weight is 357 g/mol. The van der Waals surface area contributed by atoms with E-state index in [1.807, 2.05) is 0 Å². The van der Waals surface area contributed by atoms with Crippen molar-refractivity contribution in [3.8, 4) is 11.3 Å². The monoisotopic (exact) mass is 355 g/mol. The number of carbonyl (C=O) groups is 1. The van der Waals surface area contributed by atoms with Gasteiger partial charge >= 0.3 is 5.97 Å². The molecule has 0 saturated heterocycles. The van der Waals surface area contributed by atoms with Gasteiger partial charge in [0.05, 0.1) is 24.0 Å². The molecule has 0 aliphatic rings. The van der Waals surface area contributed by atoms with Crippen molar-refractivity contribution in [3.05, 3.63) is 51.2 Å². The van der Waals surface area contributed by atoms with Gasteiger partial charge in [0.1, 0.15) is 5.02 Å². The Balaban J connectivity index is 2.30. The van der Waals surface area contributed by atoms with Crippen LogP contribution in [0.5, 0.6) is 0 Å². The van der Waals surface area contributed by atoms with Crippen molar-refractivity contribution < 1.29 is 9.53 Å². The van der Waals surface area contributed by atoms with E-state index in [2.05, 4.69) is 10.1 Å². The maximum Gasteiger partial charge on any atom is 0.356 e. The summed E-state index contributed by atoms with van der Waals surface area (Å²) >= 11 is 18.2. The highest BCUT2D eigenvalue weighted by molar-refractivity contribution is 6.36. The van der Waals surface area contributed by atoms with Crippen LogP contribution in [0.15, 0.2) is 30.5 Å². The standard InChI is InChI=1S/C14H8Cl3N3O2/c1-22-14(21)12-5-11(8-3-2-7(15)4-9(8)16)19-13-10(17)6-18-20(12)13/h2-6H,1H3. The number of halogens is 3. The molecule has 8 heteroatoms. The fourth-order valence-electron chi connectivity index (χ4n) is 2.02. The first-order valence-electron chi connectivity index (χ1n) is 6.09. The highest BCUT2D eigenvalue weighted by Gasteiger charge is 2.18. The SMILES string of the molecule is COC(=O)c1cc(-c2ccc(Cl)cc2Cl)nc2c(Cl)cnn12. The summed E-state index contributed by atoms with van der Waals surface area (Å²) in [6, 6.07) is 6.54. The van der Waals surface area contributed by atoms with Crippen LogP contribution in [0, 0.1) is 0 Å². The lowest BCUT2D eigenvalue weighted by atomic mass is 10.1. The first-order chi connectivity index (χ1) is 10.5. The predicted octanol–water partition coefficient (Wildman–Crippen LogP) is 4.14. The van der Waals surface area contributed by atoms with Gasteiger partial charge < -0.3 is 4.74 Å². The molecule has 3 rings (SSSR count). The Morgan fingerprint density at radius 2 is 1.95 bits per heavy atom. The van der Waals surface area contributed by atoms with Crippen molar-refractivity contribution >= 4 is 46.4 Å². The summed E-state index contributed by atoms with van der Waals surface area (Å²) in [5.74, 6) is -0.557. The van der Waals surface area contributed by atoms with E-state index in [0.717, 1.165) is 0 Å². The van der Waals surface area contributed by atoms with Gasteiger partial charge in [-0.25, -0.2) is 14.3 Å². The molecular weight excluding hydrogens is 349 g/mol. The van der Waals surface area contributed by atoms with Crippen molar-refractivity contribution in [2.45, 2.75) is 0 Å². The van der Waals surface area contributed by atoms with E-state index in [1.165, 1.54) is 23.9 Å². The third-order valence-electron chi connectivity index (χ3n) is 3.03. The second kappa shape index (κ2) is 5.76. The van der Waals surface area contributed by atoms with E-state index in [4.69, 9.17) is 39.5 Å². The molecule has 0 radical (unpaired) electrons. The topological polar surface area (TPSA) is 56.5 Å². The van der Waals surface area contributed by atoms with E-state index in [-0.39, 0.29) is 5.69 Å². The molecule has 0 N–H and O–H groups in total. The number of methoxy groups -OCH3 is 1. The van der Waals surface area contributed by atoms with Crippen LogP contribution >= 0.6 is 34.8 Å². The maximum absolute atomic E-state index is 12.0. The van der Waals surface area contributed by atoms with Gasteiger partial charge in [-0.15, -0.1) is 0 Å². The van der Waals surface area contributed by atoms with Crippen LogP contribution in [0.3, 0.4) is 0 Å². The van der Waals surface area contributed by atoms with Gasteiger partial charge in [0, 0.05) is 10.6 Å². The molecular formula is C14H8Cl3N3O2. The molecule has 112 valence electrons. The number of hydrogen-bond acceptors (Lipinski definition) is 4. The minimum Gasteiger partial charge on any atom is -0.464 e. The second-order valence-corrected chi connectivity index (χ2v) is 5.62. The van der Waals surface area contributed by atoms with Gasteiger partial charge in [-0.3, -0.25) is 0 Å². The molecule has 0 amide bonds. The third kappa shape index (κ3) is 2.52. The molecule has 0 aliphatic carbocycles. The molecule has 2 aromatic heterocycles. The van der Waals surface area contributed by atoms with E-state index >= 15 is 0 Å². The third-order valence-corrected chi connectivity index (χ3v) is 3.84. The summed E-state index contributed by atoms with van der Waals surface area (Å²) in [5, 5.41) is 5.26. The molecule has 0 unspecified atom stereocenters. The Morgan fingerprint density at radius 3 is 2.64 bits per heavy atom. The van der Waals surface area contributed by atoms with Crippen LogP contribution < -0.4 is 0 Å². The molecule has 5 nitrogen and oxygen atoms in total. The summed E-state index contributed by atoms with van der Waals surface area (Å²) in [5.41, 5.74) is 1.62. The van der Waals surface area contributed by atoms with Crippen LogP contribution in [-0.2, 0) is 4.74 Å². The number of fused-ring (bicyclic) bond motifs is 1. The number of esters is 1. The minimum atomic E-state index is -0.557. The largest absolute Gasteiger partial charge is 0.464 e. The molecule has 1 aromatic carbocycles. The summed E-state index contributed by atoms with van der Waals surface area (Å²) in [7, 11) is 1.29. The van der Waals surface area contributed by atoms with Crippen LogP contribution in [0.25, 0.3) is 16.9 Å². The lowest BCUT2D eigenvalue weighted by molar-refractivity contribution is 0.0590. The first kappa shape index (κ1) is 15.1. The number of benzene rings is 1. The summed E-state index contributed by atoms with van der Waals surface area (Å²) in [6.45, 7) is 0. The molecule has 3 aromatic rings. The molecule has 0 aliphatic heterocycles. The summed E-state index contributed by atoms with van der Waals surface area (Å²) in [4.78, 5) is 16.4. The molecule has 22 heavy (non-hydrogen) atoms. The Morgan fingerprint density at radius 1 is 1.18 bits per heavy atom. The molecule has 2 heterocycles. The highest BCUT2D eigenvalue weighted by atomic mass is 35.5. The number of rotatable bonds is 2. The van der Waals surface area contributed by atoms with Crippen molar-refractivity contribution in [2.24, 2.45) is 0 Å². The summed E-state index contributed by atoms with van der Waals surface area (Å²) < 4.78 is 6.09. The zero-order valence-electron chi connectivity index (χ0n) is 11.2. The quantitative estimate of drug-likeness (QED) is 0.647. The van der Waals surface area contributed by atoms with E-state index in [0.29, 0.717) is 32.0 Å². The van der Waals surface area contributed by atoms with Gasteiger partial charge in [0.15, 0.2) is 11.3 Å². The maximum atomic E-state index is 12.0. The zero-order valence-corrected chi connectivity index (χ0v) is 13.4. The van der Waals surface area contributed by atoms with Crippen molar-refractivity contribution in [1.29, 1.82) is 0 Å². The summed E-state index contributed by atoms with van der Waals surface area (Å²) in [6.07, 6.45) is 1.41. The lowest BCUT2D eigenvalue weighted by Crippen LogP contribution is -2.10. The number of ether oxygens (including phenoxy) is 1. The number of carbonyl (C=O) groups excluding carboxylic acids is 1. The highest BCUT2D eigenvalue weighted by Crippen LogP contribution is 2.31. The van der Waals surface area contributed by atoms with Gasteiger partial charge in [0.25, 0.3) is 0 Å². The molecule has 0 spiro atoms. The van der Waals surface area contributed by atoms with E-state index in [9.17, 15) is 4.79 Å². The Kier molecular flexibility index (Phi) is 3.95. The van der Waals surface area contributed by atoms with Crippen LogP contribution in [0.1, 0.15) is 10.5 Å². The van der Waals surface area contributed by atoms with Crippen LogP contribution in [0.4, 0.5) is 0 Å². The second-order valence-electron chi connectivity index (χ2n) is 4.37. The van der Waals surface area contributed by atoms with E-state index in [1.54, 1.807) is 18.2 Å². The average Bonchev–Trinajstić information content (AvgIpc) is 2.87. The molecule has 0 bridgehead atoms. The first-order valence-corrected chi connectivity index (χ1v) is 7.22. The number of aromatic nitrogens is 3. The molecule has 0 fully saturated rings. The lowest BCUT2D eigenvalue weighted by Gasteiger charge is -2.08. The molecule has 0 saturated carbocycles. The fraction of sp³-hybridized carbons (Fsp3) is 0.0714. The Bertz CT molecular complexity index is 892. The Labute approximate surface area is 140 Å². The predicted molar refractivity (Wildman–Crippen MR) is 84.8 cm³/mol. The van der Waals surface area contributed by atoms with Crippen molar-refractivity contribution in [2.75, 3.05) is 7.11 Å². The van der Waals surface area contributed by atoms with E-state index < -0.39 is 5.97 Å². The van der Waals surface area contributed by atoms with Gasteiger partial charge in [-0.05, 0) is 24.3 Å². The minimum absolute atomic E-state index is 0.195. The van der Waals surface area contributed by atoms with Crippen molar-refractivity contribution in [1.82, 2.24) is 14.6 Å². The Hall–Kier alpha value is -1.82. The molecule has 0 atom stereocenters. The smallest absolute Gasteiger partial charge is 0.356 e. The van der Waals surface area contributed by atoms with Gasteiger partial charge in [-0.2, -0.15) is 5.10 Å². The van der Waals surface area contributed by atoms with Crippen LogP contribution in [0.2, 0.25) is 15.1 Å². The van der Waals surface area contributed by atoms with Crippen molar-refractivity contribution in [3.63, 3.8) is 0 Å². The fourth-order valence-corrected chi connectivity index (χ4v) is 2.69. The van der Waals surface area contributed by atoms with Gasteiger partial charge in [-0.1, -0.05) is 34.8 Å².